The van der Waals surface area contributed by atoms with E-state index in [1.54, 1.807) is 27.9 Å². The summed E-state index contributed by atoms with van der Waals surface area (Å²) in [5, 5.41) is 2.00. The second-order valence-corrected chi connectivity index (χ2v) is 6.62. The predicted octanol–water partition coefficient (Wildman–Crippen LogP) is 4.23. The third-order valence-corrected chi connectivity index (χ3v) is 4.77. The summed E-state index contributed by atoms with van der Waals surface area (Å²) in [5.41, 5.74) is 1.90. The van der Waals surface area contributed by atoms with Gasteiger partial charge in [-0.2, -0.15) is 0 Å². The molecule has 1 N–H and O–H groups in total. The molecule has 3 rings (SSSR count). The fourth-order valence-electron chi connectivity index (χ4n) is 3.27. The van der Waals surface area contributed by atoms with Crippen molar-refractivity contribution in [3.8, 4) is 11.5 Å². The van der Waals surface area contributed by atoms with Crippen molar-refractivity contribution in [1.29, 1.82) is 0 Å². The molecule has 0 unspecified atom stereocenters. The molecule has 0 radical (unpaired) electrons. The van der Waals surface area contributed by atoms with Gasteiger partial charge in [0.2, 0.25) is 5.78 Å². The van der Waals surface area contributed by atoms with Crippen molar-refractivity contribution in [2.45, 2.75) is 26.9 Å². The molecule has 0 amide bonds. The molecule has 0 aliphatic heterocycles. The van der Waals surface area contributed by atoms with Crippen LogP contribution in [0.3, 0.4) is 0 Å². The average molecular weight is 381 g/mol. The molecule has 1 aromatic heterocycles. The number of carbonyl (C=O) groups excluding carboxylic acids is 2. The molecule has 28 heavy (non-hydrogen) atoms. The van der Waals surface area contributed by atoms with Crippen molar-refractivity contribution in [3.63, 3.8) is 0 Å². The van der Waals surface area contributed by atoms with E-state index in [4.69, 9.17) is 14.2 Å². The molecule has 6 heteroatoms. The second-order valence-electron chi connectivity index (χ2n) is 6.62. The van der Waals surface area contributed by atoms with Crippen LogP contribution in [-0.4, -0.2) is 37.1 Å². The lowest BCUT2D eigenvalue weighted by molar-refractivity contribution is 0.0599. The minimum Gasteiger partial charge on any atom is -0.497 e. The number of aromatic amines is 1. The lowest BCUT2D eigenvalue weighted by Crippen LogP contribution is -2.25. The summed E-state index contributed by atoms with van der Waals surface area (Å²) in [4.78, 5) is 27.8. The van der Waals surface area contributed by atoms with Crippen molar-refractivity contribution in [2.24, 2.45) is 0 Å². The van der Waals surface area contributed by atoms with Crippen LogP contribution in [0.1, 0.15) is 39.0 Å². The summed E-state index contributed by atoms with van der Waals surface area (Å²) < 4.78 is 15.9. The number of ketones is 1. The number of rotatable bonds is 6. The number of benzene rings is 2. The van der Waals surface area contributed by atoms with Gasteiger partial charge in [-0.25, -0.2) is 4.79 Å². The van der Waals surface area contributed by atoms with Crippen LogP contribution in [0.15, 0.2) is 36.4 Å². The summed E-state index contributed by atoms with van der Waals surface area (Å²) in [5.74, 6) is 0.626. The lowest BCUT2D eigenvalue weighted by Gasteiger charge is -2.14. The first kappa shape index (κ1) is 19.5. The van der Waals surface area contributed by atoms with Crippen molar-refractivity contribution >= 4 is 22.5 Å². The number of fused-ring (bicyclic) bond motifs is 1. The van der Waals surface area contributed by atoms with Gasteiger partial charge in [0.15, 0.2) is 6.10 Å². The lowest BCUT2D eigenvalue weighted by atomic mass is 10.1. The molecule has 2 aromatic carbocycles. The van der Waals surface area contributed by atoms with E-state index in [-0.39, 0.29) is 5.78 Å². The van der Waals surface area contributed by atoms with E-state index in [0.717, 1.165) is 16.5 Å². The number of aromatic nitrogens is 1. The van der Waals surface area contributed by atoms with E-state index in [0.29, 0.717) is 28.3 Å². The van der Waals surface area contributed by atoms with Gasteiger partial charge >= 0.3 is 5.97 Å². The van der Waals surface area contributed by atoms with E-state index in [1.807, 2.05) is 36.4 Å². The van der Waals surface area contributed by atoms with Crippen molar-refractivity contribution in [2.75, 3.05) is 14.2 Å². The highest BCUT2D eigenvalue weighted by Crippen LogP contribution is 2.26. The van der Waals surface area contributed by atoms with Gasteiger partial charge in [-0.15, -0.1) is 0 Å². The van der Waals surface area contributed by atoms with Gasteiger partial charge in [-0.3, -0.25) is 4.79 Å². The van der Waals surface area contributed by atoms with Gasteiger partial charge < -0.3 is 19.2 Å². The standard InChI is InChI=1S/C22H23NO5/c1-12-19(22(25)27-5)13(2)23-20(12)21(24)14(3)28-18-9-7-15-6-8-17(26-4)10-16(15)11-18/h6-11,14,23H,1-5H3/t14-/m0/s1. The maximum absolute atomic E-state index is 12.9. The number of nitrogens with one attached hydrogen (secondary N) is 1. The summed E-state index contributed by atoms with van der Waals surface area (Å²) >= 11 is 0. The summed E-state index contributed by atoms with van der Waals surface area (Å²) in [6.45, 7) is 5.14. The Morgan fingerprint density at radius 1 is 0.964 bits per heavy atom. The zero-order chi connectivity index (χ0) is 20.4. The second kappa shape index (κ2) is 7.76. The van der Waals surface area contributed by atoms with Crippen LogP contribution in [0, 0.1) is 13.8 Å². The molecule has 0 spiro atoms. The molecule has 0 aliphatic rings. The van der Waals surface area contributed by atoms with Crippen LogP contribution < -0.4 is 9.47 Å². The first-order valence-corrected chi connectivity index (χ1v) is 8.91. The number of H-pyrrole nitrogens is 1. The molecule has 0 saturated carbocycles. The molecule has 1 atom stereocenters. The number of hydrogen-bond acceptors (Lipinski definition) is 5. The van der Waals surface area contributed by atoms with Gasteiger partial charge in [0.25, 0.3) is 0 Å². The third kappa shape index (κ3) is 3.58. The van der Waals surface area contributed by atoms with Crippen LogP contribution in [0.25, 0.3) is 10.8 Å². The van der Waals surface area contributed by atoms with E-state index in [1.165, 1.54) is 7.11 Å². The Morgan fingerprint density at radius 3 is 2.25 bits per heavy atom. The number of ether oxygens (including phenoxy) is 3. The number of methoxy groups -OCH3 is 2. The monoisotopic (exact) mass is 381 g/mol. The Kier molecular flexibility index (Phi) is 5.40. The van der Waals surface area contributed by atoms with Gasteiger partial charge in [0.1, 0.15) is 11.5 Å². The first-order valence-electron chi connectivity index (χ1n) is 8.91. The zero-order valence-corrected chi connectivity index (χ0v) is 16.6. The molecule has 6 nitrogen and oxygen atoms in total. The quantitative estimate of drug-likeness (QED) is 0.511. The molecule has 3 aromatic rings. The molecule has 146 valence electrons. The largest absolute Gasteiger partial charge is 0.497 e. The fraction of sp³-hybridized carbons (Fsp3) is 0.273. The molecule has 1 heterocycles. The normalized spacial score (nSPS) is 11.9. The van der Waals surface area contributed by atoms with Crippen LogP contribution in [0.5, 0.6) is 11.5 Å². The van der Waals surface area contributed by atoms with Crippen molar-refractivity contribution in [3.05, 3.63) is 58.9 Å². The maximum Gasteiger partial charge on any atom is 0.339 e. The minimum atomic E-state index is -0.731. The van der Waals surface area contributed by atoms with Crippen molar-refractivity contribution in [1.82, 2.24) is 4.98 Å². The van der Waals surface area contributed by atoms with Gasteiger partial charge in [-0.1, -0.05) is 12.1 Å². The Morgan fingerprint density at radius 2 is 1.61 bits per heavy atom. The summed E-state index contributed by atoms with van der Waals surface area (Å²) in [6.07, 6.45) is -0.731. The SMILES string of the molecule is COC(=O)c1c(C)[nH]c(C(=O)[C@H](C)Oc2ccc3ccc(OC)cc3c2)c1C. The van der Waals surface area contributed by atoms with Crippen LogP contribution >= 0.6 is 0 Å². The zero-order valence-electron chi connectivity index (χ0n) is 16.6. The smallest absolute Gasteiger partial charge is 0.339 e. The molecule has 0 aliphatic carbocycles. The van der Waals surface area contributed by atoms with E-state index in [2.05, 4.69) is 4.98 Å². The Balaban J connectivity index is 1.85. The Bertz CT molecular complexity index is 1050. The summed E-state index contributed by atoms with van der Waals surface area (Å²) in [7, 11) is 2.93. The molecule has 0 fully saturated rings. The van der Waals surface area contributed by atoms with Crippen molar-refractivity contribution < 1.29 is 23.8 Å². The number of aryl methyl sites for hydroxylation is 1. The predicted molar refractivity (Wildman–Crippen MR) is 107 cm³/mol. The highest BCUT2D eigenvalue weighted by atomic mass is 16.5. The first-order chi connectivity index (χ1) is 13.3. The minimum absolute atomic E-state index is 0.235. The number of Topliss-reactive ketones (excluding diaryl/α,β-unsaturated/α-hetero) is 1. The van der Waals surface area contributed by atoms with Crippen LogP contribution in [0.2, 0.25) is 0 Å². The topological polar surface area (TPSA) is 77.6 Å². The molecule has 0 saturated heterocycles. The number of hydrogen-bond donors (Lipinski definition) is 1. The molecule has 0 bridgehead atoms. The highest BCUT2D eigenvalue weighted by molar-refractivity contribution is 6.03. The summed E-state index contributed by atoms with van der Waals surface area (Å²) in [6, 6.07) is 11.4. The van der Waals surface area contributed by atoms with E-state index in [9.17, 15) is 9.59 Å². The van der Waals surface area contributed by atoms with Crippen LogP contribution in [-0.2, 0) is 4.74 Å². The Hall–Kier alpha value is -3.28. The number of carbonyl (C=O) groups is 2. The average Bonchev–Trinajstić information content (AvgIpc) is 3.00. The molecular formula is C22H23NO5. The highest BCUT2D eigenvalue weighted by Gasteiger charge is 2.26. The number of esters is 1. The molecular weight excluding hydrogens is 358 g/mol. The van der Waals surface area contributed by atoms with Gasteiger partial charge in [-0.05, 0) is 61.4 Å². The van der Waals surface area contributed by atoms with Gasteiger partial charge in [0, 0.05) is 5.69 Å². The fourth-order valence-corrected chi connectivity index (χ4v) is 3.27. The Labute approximate surface area is 163 Å². The van der Waals surface area contributed by atoms with Gasteiger partial charge in [0.05, 0.1) is 25.5 Å². The van der Waals surface area contributed by atoms with E-state index < -0.39 is 12.1 Å². The third-order valence-electron chi connectivity index (χ3n) is 4.77. The van der Waals surface area contributed by atoms with Crippen LogP contribution in [0.4, 0.5) is 0 Å². The van der Waals surface area contributed by atoms with E-state index >= 15 is 0 Å². The maximum atomic E-state index is 12.9.